The Morgan fingerprint density at radius 1 is 1.33 bits per heavy atom. The molecule has 0 bridgehead atoms. The largest absolute Gasteiger partial charge is 0.490 e. The molecular weight excluding hydrogens is 306 g/mol. The third-order valence-electron chi connectivity index (χ3n) is 4.29. The minimum atomic E-state index is -0.299. The quantitative estimate of drug-likeness (QED) is 0.869. The first-order chi connectivity index (χ1) is 11.8. The molecule has 1 aliphatic carbocycles. The van der Waals surface area contributed by atoms with Crippen LogP contribution in [0.25, 0.3) is 0 Å². The Labute approximate surface area is 139 Å². The van der Waals surface area contributed by atoms with E-state index in [1.54, 1.807) is 10.8 Å². The molecule has 0 amide bonds. The molecule has 1 aromatic heterocycles. The number of carbonyl (C=O) groups is 1. The molecule has 1 aromatic carbocycles. The van der Waals surface area contributed by atoms with Gasteiger partial charge in [0.15, 0.2) is 5.78 Å². The van der Waals surface area contributed by atoms with Gasteiger partial charge in [0, 0.05) is 17.7 Å². The van der Waals surface area contributed by atoms with Gasteiger partial charge in [-0.15, -0.1) is 0 Å². The number of aromatic nitrogens is 4. The molecule has 7 heteroatoms. The summed E-state index contributed by atoms with van der Waals surface area (Å²) in [6.07, 6.45) is 3.96. The minimum absolute atomic E-state index is 0.155. The molecule has 2 aromatic rings. The lowest BCUT2D eigenvalue weighted by Crippen LogP contribution is -2.31. The predicted octanol–water partition coefficient (Wildman–Crippen LogP) is 2.26. The van der Waals surface area contributed by atoms with Gasteiger partial charge in [-0.25, -0.2) is 0 Å². The maximum absolute atomic E-state index is 12.5. The Balaban J connectivity index is 1.75. The van der Waals surface area contributed by atoms with Crippen LogP contribution in [0.2, 0.25) is 0 Å². The summed E-state index contributed by atoms with van der Waals surface area (Å²) in [5.41, 5.74) is 2.66. The number of nitrogens with one attached hydrogen (secondary N) is 1. The van der Waals surface area contributed by atoms with Gasteiger partial charge in [-0.3, -0.25) is 4.79 Å². The summed E-state index contributed by atoms with van der Waals surface area (Å²) >= 11 is 0. The number of allylic oxidation sites excluding steroid dienone is 2. The van der Waals surface area contributed by atoms with Gasteiger partial charge >= 0.3 is 0 Å². The third-order valence-corrected chi connectivity index (χ3v) is 4.29. The molecule has 122 valence electrons. The summed E-state index contributed by atoms with van der Waals surface area (Å²) in [6.45, 7) is 4.09. The van der Waals surface area contributed by atoms with Crippen LogP contribution in [0.5, 0.6) is 5.75 Å². The predicted molar refractivity (Wildman–Crippen MR) is 87.6 cm³/mol. The number of ketones is 1. The summed E-state index contributed by atoms with van der Waals surface area (Å²) in [6, 6.07) is 7.38. The van der Waals surface area contributed by atoms with Crippen molar-refractivity contribution in [1.29, 1.82) is 0 Å². The van der Waals surface area contributed by atoms with Crippen molar-refractivity contribution in [2.24, 2.45) is 0 Å². The van der Waals surface area contributed by atoms with Crippen molar-refractivity contribution in [3.63, 3.8) is 0 Å². The highest BCUT2D eigenvalue weighted by molar-refractivity contribution is 5.99. The normalized spacial score (nSPS) is 19.3. The van der Waals surface area contributed by atoms with E-state index in [1.807, 2.05) is 24.3 Å². The van der Waals surface area contributed by atoms with Gasteiger partial charge < -0.3 is 10.1 Å². The van der Waals surface area contributed by atoms with Crippen LogP contribution in [0, 0.1) is 0 Å². The summed E-state index contributed by atoms with van der Waals surface area (Å²) < 4.78 is 7.19. The first kappa shape index (κ1) is 14.6. The summed E-state index contributed by atoms with van der Waals surface area (Å²) in [7, 11) is 0. The maximum Gasteiger partial charge on any atom is 0.248 e. The molecule has 0 radical (unpaired) electrons. The fourth-order valence-electron chi connectivity index (χ4n) is 3.23. The molecule has 7 nitrogen and oxygen atoms in total. The second kappa shape index (κ2) is 5.92. The van der Waals surface area contributed by atoms with Gasteiger partial charge in [-0.1, -0.05) is 29.9 Å². The Hall–Kier alpha value is -2.96. The number of anilines is 1. The van der Waals surface area contributed by atoms with Gasteiger partial charge in [-0.2, -0.15) is 4.68 Å². The van der Waals surface area contributed by atoms with Crippen LogP contribution in [0.3, 0.4) is 0 Å². The molecular formula is C17H17N5O2. The Bertz CT molecular complexity index is 822. The molecule has 0 spiro atoms. The van der Waals surface area contributed by atoms with E-state index in [2.05, 4.69) is 27.4 Å². The van der Waals surface area contributed by atoms with E-state index in [0.29, 0.717) is 19.0 Å². The lowest BCUT2D eigenvalue weighted by molar-refractivity contribution is -0.116. The maximum atomic E-state index is 12.5. The SMILES string of the molecule is C=CCOc1ccc([C@@H]2C3=C(CCCC3=O)Nc3nnnn32)cc1. The summed E-state index contributed by atoms with van der Waals surface area (Å²) in [5, 5.41) is 15.0. The van der Waals surface area contributed by atoms with Gasteiger partial charge in [0.1, 0.15) is 18.4 Å². The third kappa shape index (κ3) is 2.38. The van der Waals surface area contributed by atoms with E-state index in [0.717, 1.165) is 35.4 Å². The first-order valence-electron chi connectivity index (χ1n) is 7.92. The molecule has 0 saturated carbocycles. The van der Waals surface area contributed by atoms with Crippen LogP contribution >= 0.6 is 0 Å². The Morgan fingerprint density at radius 3 is 2.96 bits per heavy atom. The Morgan fingerprint density at radius 2 is 2.17 bits per heavy atom. The minimum Gasteiger partial charge on any atom is -0.490 e. The van der Waals surface area contributed by atoms with E-state index in [-0.39, 0.29) is 11.8 Å². The number of carbonyl (C=O) groups excluding carboxylic acids is 1. The van der Waals surface area contributed by atoms with Crippen molar-refractivity contribution < 1.29 is 9.53 Å². The molecule has 0 fully saturated rings. The van der Waals surface area contributed by atoms with Crippen LogP contribution in [0.15, 0.2) is 48.2 Å². The number of hydrogen-bond donors (Lipinski definition) is 1. The first-order valence-corrected chi connectivity index (χ1v) is 7.92. The summed E-state index contributed by atoms with van der Waals surface area (Å²) in [5.74, 6) is 1.48. The number of tetrazole rings is 1. The zero-order chi connectivity index (χ0) is 16.5. The van der Waals surface area contributed by atoms with Crippen molar-refractivity contribution in [3.8, 4) is 5.75 Å². The average molecular weight is 323 g/mol. The number of nitrogens with zero attached hydrogens (tertiary/aromatic N) is 4. The van der Waals surface area contributed by atoms with Crippen molar-refractivity contribution in [1.82, 2.24) is 20.2 Å². The molecule has 4 rings (SSSR count). The second-order valence-electron chi connectivity index (χ2n) is 5.81. The fourth-order valence-corrected chi connectivity index (χ4v) is 3.23. The highest BCUT2D eigenvalue weighted by Crippen LogP contribution is 2.39. The van der Waals surface area contributed by atoms with E-state index < -0.39 is 0 Å². The number of fused-ring (bicyclic) bond motifs is 1. The van der Waals surface area contributed by atoms with Gasteiger partial charge in [0.05, 0.1) is 0 Å². The molecule has 2 aliphatic rings. The number of rotatable bonds is 4. The lowest BCUT2D eigenvalue weighted by Gasteiger charge is -2.31. The van der Waals surface area contributed by atoms with Gasteiger partial charge in [-0.05, 0) is 41.0 Å². The van der Waals surface area contributed by atoms with E-state index in [9.17, 15) is 4.79 Å². The molecule has 24 heavy (non-hydrogen) atoms. The van der Waals surface area contributed by atoms with Crippen molar-refractivity contribution >= 4 is 11.7 Å². The van der Waals surface area contributed by atoms with Crippen LogP contribution < -0.4 is 10.1 Å². The summed E-state index contributed by atoms with van der Waals surface area (Å²) in [4.78, 5) is 12.5. The van der Waals surface area contributed by atoms with Crippen molar-refractivity contribution in [2.45, 2.75) is 25.3 Å². The highest BCUT2D eigenvalue weighted by atomic mass is 16.5. The molecule has 1 N–H and O–H groups in total. The number of Topliss-reactive ketones (excluding diaryl/α,β-unsaturated/α-hetero) is 1. The monoisotopic (exact) mass is 323 g/mol. The fraction of sp³-hybridized carbons (Fsp3) is 0.294. The Kier molecular flexibility index (Phi) is 3.60. The molecule has 0 unspecified atom stereocenters. The van der Waals surface area contributed by atoms with Gasteiger partial charge in [0.2, 0.25) is 5.95 Å². The molecule has 0 saturated heterocycles. The lowest BCUT2D eigenvalue weighted by atomic mass is 9.85. The van der Waals surface area contributed by atoms with Crippen LogP contribution in [-0.4, -0.2) is 32.6 Å². The number of ether oxygens (including phenoxy) is 1. The topological polar surface area (TPSA) is 81.9 Å². The molecule has 1 atom stereocenters. The number of benzene rings is 1. The molecule has 1 aliphatic heterocycles. The van der Waals surface area contributed by atoms with Crippen molar-refractivity contribution in [2.75, 3.05) is 11.9 Å². The number of hydrogen-bond acceptors (Lipinski definition) is 6. The second-order valence-corrected chi connectivity index (χ2v) is 5.81. The molecule has 2 heterocycles. The van der Waals surface area contributed by atoms with Crippen LogP contribution in [0.1, 0.15) is 30.9 Å². The van der Waals surface area contributed by atoms with E-state index >= 15 is 0 Å². The van der Waals surface area contributed by atoms with Crippen LogP contribution in [-0.2, 0) is 4.79 Å². The van der Waals surface area contributed by atoms with Crippen LogP contribution in [0.4, 0.5) is 5.95 Å². The van der Waals surface area contributed by atoms with Gasteiger partial charge in [0.25, 0.3) is 0 Å². The van der Waals surface area contributed by atoms with Crippen molar-refractivity contribution in [3.05, 3.63) is 53.8 Å². The highest BCUT2D eigenvalue weighted by Gasteiger charge is 2.36. The zero-order valence-corrected chi connectivity index (χ0v) is 13.1. The smallest absolute Gasteiger partial charge is 0.248 e. The van der Waals surface area contributed by atoms with E-state index in [1.165, 1.54) is 0 Å². The van der Waals surface area contributed by atoms with E-state index in [4.69, 9.17) is 4.74 Å². The standard InChI is InChI=1S/C17H17N5O2/c1-2-10-24-12-8-6-11(7-9-12)16-15-13(4-3-5-14(15)23)18-17-19-20-21-22(16)17/h2,6-9,16H,1,3-5,10H2,(H,18,19,21)/t16-/m1/s1. The zero-order valence-electron chi connectivity index (χ0n) is 13.1. The average Bonchev–Trinajstić information content (AvgIpc) is 3.07.